The summed E-state index contributed by atoms with van der Waals surface area (Å²) in [5.41, 5.74) is 5.36. The van der Waals surface area contributed by atoms with Crippen LogP contribution in [-0.2, 0) is 14.8 Å². The first-order valence-electron chi connectivity index (χ1n) is 6.33. The van der Waals surface area contributed by atoms with Crippen LogP contribution in [0.1, 0.15) is 19.4 Å². The molecule has 0 fully saturated rings. The van der Waals surface area contributed by atoms with E-state index in [0.29, 0.717) is 12.2 Å². The van der Waals surface area contributed by atoms with Crippen LogP contribution in [0.2, 0.25) is 0 Å². The maximum atomic E-state index is 12.3. The Morgan fingerprint density at radius 1 is 1.48 bits per heavy atom. The molecule has 1 unspecified atom stereocenters. The molecule has 9 heteroatoms. The largest absolute Gasteiger partial charge is 0.393 e. The van der Waals surface area contributed by atoms with Crippen molar-refractivity contribution in [1.29, 1.82) is 0 Å². The number of ether oxygens (including phenoxy) is 1. The van der Waals surface area contributed by atoms with Crippen molar-refractivity contribution < 1.29 is 18.1 Å². The predicted molar refractivity (Wildman–Crippen MR) is 78.5 cm³/mol. The molecule has 0 aliphatic heterocycles. The number of anilines is 1. The standard InChI is InChI=1S/C12H19N3O5S/c1-4-20-7-9(3)14-21(18,19)12-6-11(15(16)17)10(13)5-8(12)2/h5-6,9,14H,4,7,13H2,1-3H3. The second-order valence-electron chi connectivity index (χ2n) is 4.62. The fourth-order valence-corrected chi connectivity index (χ4v) is 3.28. The van der Waals surface area contributed by atoms with Gasteiger partial charge in [0.1, 0.15) is 5.69 Å². The summed E-state index contributed by atoms with van der Waals surface area (Å²) in [5.74, 6) is 0. The molecule has 3 N–H and O–H groups in total. The van der Waals surface area contributed by atoms with E-state index in [-0.39, 0.29) is 17.2 Å². The highest BCUT2D eigenvalue weighted by Crippen LogP contribution is 2.28. The zero-order chi connectivity index (χ0) is 16.2. The Kier molecular flexibility index (Phi) is 5.64. The molecule has 1 aromatic carbocycles. The van der Waals surface area contributed by atoms with Crippen molar-refractivity contribution in [3.05, 3.63) is 27.8 Å². The molecule has 0 radical (unpaired) electrons. The molecular formula is C12H19N3O5S. The topological polar surface area (TPSA) is 125 Å². The van der Waals surface area contributed by atoms with Crippen LogP contribution in [0, 0.1) is 17.0 Å². The zero-order valence-corrected chi connectivity index (χ0v) is 12.9. The van der Waals surface area contributed by atoms with Crippen LogP contribution < -0.4 is 10.5 Å². The predicted octanol–water partition coefficient (Wildman–Crippen LogP) is 1.19. The summed E-state index contributed by atoms with van der Waals surface area (Å²) < 4.78 is 32.1. The molecule has 1 atom stereocenters. The highest BCUT2D eigenvalue weighted by Gasteiger charge is 2.24. The van der Waals surface area contributed by atoms with Crippen molar-refractivity contribution in [2.24, 2.45) is 0 Å². The van der Waals surface area contributed by atoms with Gasteiger partial charge in [0.25, 0.3) is 5.69 Å². The van der Waals surface area contributed by atoms with Crippen LogP contribution in [0.25, 0.3) is 0 Å². The Balaban J connectivity index is 3.13. The number of nitrogen functional groups attached to an aromatic ring is 1. The maximum Gasteiger partial charge on any atom is 0.293 e. The van der Waals surface area contributed by atoms with E-state index in [1.807, 2.05) is 0 Å². The Bertz CT molecular complexity index is 630. The average Bonchev–Trinajstić information content (AvgIpc) is 2.34. The van der Waals surface area contributed by atoms with E-state index < -0.39 is 26.7 Å². The number of nitrogens with zero attached hydrogens (tertiary/aromatic N) is 1. The van der Waals surface area contributed by atoms with Gasteiger partial charge in [-0.1, -0.05) is 0 Å². The van der Waals surface area contributed by atoms with E-state index in [1.165, 1.54) is 13.0 Å². The van der Waals surface area contributed by atoms with E-state index in [1.54, 1.807) is 13.8 Å². The van der Waals surface area contributed by atoms with Crippen LogP contribution in [-0.4, -0.2) is 32.6 Å². The van der Waals surface area contributed by atoms with Crippen LogP contribution in [0.5, 0.6) is 0 Å². The number of rotatable bonds is 7. The quantitative estimate of drug-likeness (QED) is 0.442. The summed E-state index contributed by atoms with van der Waals surface area (Å²) in [4.78, 5) is 9.99. The molecule has 0 saturated carbocycles. The molecule has 0 heterocycles. The molecule has 0 spiro atoms. The third-order valence-electron chi connectivity index (χ3n) is 2.74. The molecule has 0 aliphatic carbocycles. The number of nitro benzene ring substituents is 1. The highest BCUT2D eigenvalue weighted by atomic mass is 32.2. The van der Waals surface area contributed by atoms with E-state index in [9.17, 15) is 18.5 Å². The van der Waals surface area contributed by atoms with Gasteiger partial charge >= 0.3 is 0 Å². The van der Waals surface area contributed by atoms with E-state index in [4.69, 9.17) is 10.5 Å². The van der Waals surface area contributed by atoms with Gasteiger partial charge in [0.05, 0.1) is 16.4 Å². The number of sulfonamides is 1. The second-order valence-corrected chi connectivity index (χ2v) is 6.30. The lowest BCUT2D eigenvalue weighted by atomic mass is 10.2. The van der Waals surface area contributed by atoms with Crippen LogP contribution in [0.15, 0.2) is 17.0 Å². The Morgan fingerprint density at radius 2 is 2.10 bits per heavy atom. The second kappa shape index (κ2) is 6.83. The number of hydrogen-bond acceptors (Lipinski definition) is 6. The number of aryl methyl sites for hydroxylation is 1. The minimum atomic E-state index is -3.88. The molecule has 0 aliphatic rings. The van der Waals surface area contributed by atoms with Gasteiger partial charge in [-0.3, -0.25) is 10.1 Å². The molecule has 0 aromatic heterocycles. The molecule has 8 nitrogen and oxygen atoms in total. The Morgan fingerprint density at radius 3 is 2.62 bits per heavy atom. The fraction of sp³-hybridized carbons (Fsp3) is 0.500. The van der Waals surface area contributed by atoms with Crippen LogP contribution in [0.4, 0.5) is 11.4 Å². The molecule has 118 valence electrons. The number of benzene rings is 1. The monoisotopic (exact) mass is 317 g/mol. The van der Waals surface area contributed by atoms with Gasteiger partial charge in [-0.15, -0.1) is 0 Å². The number of nitrogens with one attached hydrogen (secondary N) is 1. The van der Waals surface area contributed by atoms with Gasteiger partial charge in [-0.2, -0.15) is 0 Å². The lowest BCUT2D eigenvalue weighted by Gasteiger charge is -2.15. The molecule has 1 rings (SSSR count). The minimum absolute atomic E-state index is 0.0705. The molecular weight excluding hydrogens is 298 g/mol. The number of nitro groups is 1. The Hall–Kier alpha value is -1.71. The summed E-state index contributed by atoms with van der Waals surface area (Å²) in [6.07, 6.45) is 0. The van der Waals surface area contributed by atoms with Gasteiger partial charge in [0.2, 0.25) is 10.0 Å². The minimum Gasteiger partial charge on any atom is -0.393 e. The van der Waals surface area contributed by atoms with Crippen molar-refractivity contribution in [2.45, 2.75) is 31.7 Å². The van der Waals surface area contributed by atoms with Crippen molar-refractivity contribution in [1.82, 2.24) is 4.72 Å². The molecule has 0 saturated heterocycles. The van der Waals surface area contributed by atoms with Gasteiger partial charge in [-0.05, 0) is 32.4 Å². The summed E-state index contributed by atoms with van der Waals surface area (Å²) >= 11 is 0. The van der Waals surface area contributed by atoms with Crippen molar-refractivity contribution in [3.63, 3.8) is 0 Å². The fourth-order valence-electron chi connectivity index (χ4n) is 1.80. The average molecular weight is 317 g/mol. The normalized spacial score (nSPS) is 13.1. The van der Waals surface area contributed by atoms with Crippen LogP contribution >= 0.6 is 0 Å². The van der Waals surface area contributed by atoms with Gasteiger partial charge in [0, 0.05) is 18.7 Å². The van der Waals surface area contributed by atoms with Crippen molar-refractivity contribution in [3.8, 4) is 0 Å². The lowest BCUT2D eigenvalue weighted by molar-refractivity contribution is -0.384. The zero-order valence-electron chi connectivity index (χ0n) is 12.1. The van der Waals surface area contributed by atoms with Gasteiger partial charge in [0.15, 0.2) is 0 Å². The third kappa shape index (κ3) is 4.38. The van der Waals surface area contributed by atoms with Crippen molar-refractivity contribution in [2.75, 3.05) is 18.9 Å². The molecule has 0 bridgehead atoms. The smallest absolute Gasteiger partial charge is 0.293 e. The van der Waals surface area contributed by atoms with Gasteiger partial charge in [-0.25, -0.2) is 13.1 Å². The van der Waals surface area contributed by atoms with Crippen molar-refractivity contribution >= 4 is 21.4 Å². The lowest BCUT2D eigenvalue weighted by Crippen LogP contribution is -2.36. The first-order chi connectivity index (χ1) is 9.69. The first-order valence-corrected chi connectivity index (χ1v) is 7.82. The highest BCUT2D eigenvalue weighted by molar-refractivity contribution is 7.89. The summed E-state index contributed by atoms with van der Waals surface area (Å²) in [5, 5.41) is 10.9. The van der Waals surface area contributed by atoms with Gasteiger partial charge < -0.3 is 10.5 Å². The van der Waals surface area contributed by atoms with E-state index in [2.05, 4.69) is 4.72 Å². The number of hydrogen-bond donors (Lipinski definition) is 2. The Labute approximate surface area is 123 Å². The summed E-state index contributed by atoms with van der Waals surface area (Å²) in [7, 11) is -3.88. The van der Waals surface area contributed by atoms with Crippen LogP contribution in [0.3, 0.4) is 0 Å². The van der Waals surface area contributed by atoms with E-state index in [0.717, 1.165) is 6.07 Å². The molecule has 0 amide bonds. The third-order valence-corrected chi connectivity index (χ3v) is 4.47. The molecule has 1 aromatic rings. The van der Waals surface area contributed by atoms with E-state index >= 15 is 0 Å². The maximum absolute atomic E-state index is 12.3. The SMILES string of the molecule is CCOCC(C)NS(=O)(=O)c1cc([N+](=O)[O-])c(N)cc1C. The molecule has 21 heavy (non-hydrogen) atoms. The summed E-state index contributed by atoms with van der Waals surface area (Å²) in [6, 6.07) is 1.80. The first kappa shape index (κ1) is 17.3. The number of nitrogens with two attached hydrogens (primary N) is 1. The summed E-state index contributed by atoms with van der Waals surface area (Å²) in [6.45, 7) is 5.66.